The van der Waals surface area contributed by atoms with E-state index in [0.29, 0.717) is 11.3 Å². The van der Waals surface area contributed by atoms with Crippen LogP contribution in [0.5, 0.6) is 5.75 Å². The zero-order valence-electron chi connectivity index (χ0n) is 10.7. The topological polar surface area (TPSA) is 59.1 Å². The van der Waals surface area contributed by atoms with Crippen LogP contribution in [0.1, 0.15) is 30.1 Å². The summed E-state index contributed by atoms with van der Waals surface area (Å²) in [5.41, 5.74) is 8.68. The number of fused-ring (bicyclic) bond motifs is 1. The molecule has 104 valence electrons. The molecular weight excluding hydrogens is 262 g/mol. The van der Waals surface area contributed by atoms with Crippen molar-refractivity contribution in [3.63, 3.8) is 0 Å². The van der Waals surface area contributed by atoms with Gasteiger partial charge in [0.2, 0.25) is 0 Å². The number of pyridine rings is 1. The van der Waals surface area contributed by atoms with Crippen LogP contribution in [-0.2, 0) is 6.42 Å². The lowest BCUT2D eigenvalue weighted by molar-refractivity contribution is 0.396. The van der Waals surface area contributed by atoms with Gasteiger partial charge in [-0.2, -0.15) is 0 Å². The second-order valence-corrected chi connectivity index (χ2v) is 5.02. The van der Waals surface area contributed by atoms with E-state index >= 15 is 0 Å². The largest absolute Gasteiger partial charge is 0.503 e. The van der Waals surface area contributed by atoms with Gasteiger partial charge >= 0.3 is 0 Å². The van der Waals surface area contributed by atoms with E-state index in [2.05, 4.69) is 4.98 Å². The molecular formula is C15H14F2N2O. The van der Waals surface area contributed by atoms with Crippen molar-refractivity contribution in [2.45, 2.75) is 25.3 Å². The molecule has 0 radical (unpaired) electrons. The summed E-state index contributed by atoms with van der Waals surface area (Å²) < 4.78 is 26.8. The van der Waals surface area contributed by atoms with Crippen LogP contribution in [0.15, 0.2) is 24.3 Å². The number of nitrogens with two attached hydrogens (primary N) is 1. The van der Waals surface area contributed by atoms with Gasteiger partial charge in [0, 0.05) is 17.3 Å². The first-order valence-corrected chi connectivity index (χ1v) is 6.50. The van der Waals surface area contributed by atoms with Crippen LogP contribution >= 0.6 is 0 Å². The minimum Gasteiger partial charge on any atom is -0.503 e. The van der Waals surface area contributed by atoms with Gasteiger partial charge in [-0.3, -0.25) is 4.98 Å². The number of benzene rings is 1. The summed E-state index contributed by atoms with van der Waals surface area (Å²) in [6.07, 6.45) is 2.71. The maximum Gasteiger partial charge on any atom is 0.187 e. The Morgan fingerprint density at radius 1 is 1.20 bits per heavy atom. The Hall–Kier alpha value is -2.01. The first-order chi connectivity index (χ1) is 9.56. The Labute approximate surface area is 115 Å². The molecule has 1 aliphatic rings. The normalized spacial score (nSPS) is 17.9. The van der Waals surface area contributed by atoms with Crippen molar-refractivity contribution in [1.82, 2.24) is 4.98 Å². The molecule has 1 heterocycles. The maximum absolute atomic E-state index is 13.4. The van der Waals surface area contributed by atoms with Gasteiger partial charge < -0.3 is 10.8 Å². The molecule has 0 saturated heterocycles. The molecule has 1 aromatic heterocycles. The monoisotopic (exact) mass is 276 g/mol. The SMILES string of the molecule is NC1CCCc2nc(-c3cc(F)c(O)c(F)c3)ccc21. The second kappa shape index (κ2) is 4.83. The van der Waals surface area contributed by atoms with E-state index in [1.807, 2.05) is 6.07 Å². The Morgan fingerprint density at radius 2 is 1.90 bits per heavy atom. The van der Waals surface area contributed by atoms with Gasteiger partial charge in [-0.25, -0.2) is 8.78 Å². The number of hydrogen-bond donors (Lipinski definition) is 2. The minimum absolute atomic E-state index is 0.0198. The molecule has 5 heteroatoms. The van der Waals surface area contributed by atoms with Crippen molar-refractivity contribution in [3.05, 3.63) is 47.2 Å². The summed E-state index contributed by atoms with van der Waals surface area (Å²) in [7, 11) is 0. The zero-order valence-corrected chi connectivity index (χ0v) is 10.7. The standard InChI is InChI=1S/C15H14F2N2O/c16-10-6-8(7-11(17)15(10)20)13-5-4-9-12(18)2-1-3-14(9)19-13/h4-7,12,20H,1-3,18H2. The van der Waals surface area contributed by atoms with Crippen molar-refractivity contribution in [2.75, 3.05) is 0 Å². The van der Waals surface area contributed by atoms with Crippen molar-refractivity contribution < 1.29 is 13.9 Å². The van der Waals surface area contributed by atoms with E-state index in [1.165, 1.54) is 0 Å². The lowest BCUT2D eigenvalue weighted by Gasteiger charge is -2.21. The van der Waals surface area contributed by atoms with Crippen LogP contribution < -0.4 is 5.73 Å². The van der Waals surface area contributed by atoms with Gasteiger partial charge in [0.05, 0.1) is 5.69 Å². The van der Waals surface area contributed by atoms with Crippen LogP contribution in [0.4, 0.5) is 8.78 Å². The van der Waals surface area contributed by atoms with E-state index in [0.717, 1.165) is 42.7 Å². The van der Waals surface area contributed by atoms with Crippen molar-refractivity contribution in [1.29, 1.82) is 0 Å². The highest BCUT2D eigenvalue weighted by Crippen LogP contribution is 2.31. The molecule has 3 N–H and O–H groups in total. The molecule has 0 spiro atoms. The van der Waals surface area contributed by atoms with E-state index < -0.39 is 17.4 Å². The number of aromatic nitrogens is 1. The Morgan fingerprint density at radius 3 is 2.60 bits per heavy atom. The summed E-state index contributed by atoms with van der Waals surface area (Å²) in [4.78, 5) is 4.45. The number of halogens is 2. The van der Waals surface area contributed by atoms with E-state index in [-0.39, 0.29) is 6.04 Å². The van der Waals surface area contributed by atoms with Gasteiger partial charge in [-0.05, 0) is 43.0 Å². The van der Waals surface area contributed by atoms with Crippen LogP contribution in [0, 0.1) is 11.6 Å². The molecule has 1 aromatic carbocycles. The van der Waals surface area contributed by atoms with E-state index in [9.17, 15) is 8.78 Å². The smallest absolute Gasteiger partial charge is 0.187 e. The summed E-state index contributed by atoms with van der Waals surface area (Å²) in [6.45, 7) is 0. The third-order valence-electron chi connectivity index (χ3n) is 3.65. The molecule has 2 aromatic rings. The third kappa shape index (κ3) is 2.14. The second-order valence-electron chi connectivity index (χ2n) is 5.02. The van der Waals surface area contributed by atoms with Crippen LogP contribution in [-0.4, -0.2) is 10.1 Å². The summed E-state index contributed by atoms with van der Waals surface area (Å²) in [5, 5.41) is 9.12. The predicted octanol–water partition coefficient (Wildman–Crippen LogP) is 3.07. The fourth-order valence-corrected chi connectivity index (χ4v) is 2.57. The van der Waals surface area contributed by atoms with Crippen molar-refractivity contribution in [2.24, 2.45) is 5.73 Å². The molecule has 3 nitrogen and oxygen atoms in total. The van der Waals surface area contributed by atoms with E-state index in [1.54, 1.807) is 6.07 Å². The number of phenols is 1. The van der Waals surface area contributed by atoms with Gasteiger partial charge in [0.15, 0.2) is 17.4 Å². The number of aryl methyl sites for hydroxylation is 1. The first kappa shape index (κ1) is 13.0. The number of nitrogens with zero attached hydrogens (tertiary/aromatic N) is 1. The summed E-state index contributed by atoms with van der Waals surface area (Å²) in [5.74, 6) is -2.94. The highest BCUT2D eigenvalue weighted by molar-refractivity contribution is 5.61. The third-order valence-corrected chi connectivity index (χ3v) is 3.65. The Balaban J connectivity index is 2.07. The quantitative estimate of drug-likeness (QED) is 0.841. The highest BCUT2D eigenvalue weighted by Gasteiger charge is 2.19. The summed E-state index contributed by atoms with van der Waals surface area (Å²) >= 11 is 0. The first-order valence-electron chi connectivity index (χ1n) is 6.50. The fourth-order valence-electron chi connectivity index (χ4n) is 2.57. The molecule has 0 amide bonds. The molecule has 0 saturated carbocycles. The molecule has 3 rings (SSSR count). The average Bonchev–Trinajstić information content (AvgIpc) is 2.44. The molecule has 0 bridgehead atoms. The van der Waals surface area contributed by atoms with Crippen LogP contribution in [0.25, 0.3) is 11.3 Å². The fraction of sp³-hybridized carbons (Fsp3) is 0.267. The molecule has 1 unspecified atom stereocenters. The molecule has 0 aliphatic heterocycles. The number of hydrogen-bond acceptors (Lipinski definition) is 3. The average molecular weight is 276 g/mol. The number of aromatic hydroxyl groups is 1. The zero-order chi connectivity index (χ0) is 14.3. The lowest BCUT2D eigenvalue weighted by Crippen LogP contribution is -2.18. The molecule has 1 aliphatic carbocycles. The molecule has 0 fully saturated rings. The predicted molar refractivity (Wildman–Crippen MR) is 71.1 cm³/mol. The Kier molecular flexibility index (Phi) is 3.14. The number of phenolic OH excluding ortho intramolecular Hbond substituents is 1. The van der Waals surface area contributed by atoms with Gasteiger partial charge in [0.1, 0.15) is 0 Å². The highest BCUT2D eigenvalue weighted by atomic mass is 19.1. The lowest BCUT2D eigenvalue weighted by atomic mass is 9.91. The molecule has 20 heavy (non-hydrogen) atoms. The van der Waals surface area contributed by atoms with Crippen LogP contribution in [0.3, 0.4) is 0 Å². The van der Waals surface area contributed by atoms with Crippen LogP contribution in [0.2, 0.25) is 0 Å². The van der Waals surface area contributed by atoms with E-state index in [4.69, 9.17) is 10.8 Å². The van der Waals surface area contributed by atoms with Crippen molar-refractivity contribution in [3.8, 4) is 17.0 Å². The van der Waals surface area contributed by atoms with Crippen molar-refractivity contribution >= 4 is 0 Å². The summed E-state index contributed by atoms with van der Waals surface area (Å²) in [6, 6.07) is 5.71. The van der Waals surface area contributed by atoms with Gasteiger partial charge in [-0.15, -0.1) is 0 Å². The molecule has 1 atom stereocenters. The maximum atomic E-state index is 13.4. The Bertz CT molecular complexity index is 650. The van der Waals surface area contributed by atoms with Gasteiger partial charge in [-0.1, -0.05) is 6.07 Å². The van der Waals surface area contributed by atoms with Gasteiger partial charge in [0.25, 0.3) is 0 Å². The number of rotatable bonds is 1. The minimum atomic E-state index is -0.990.